The molecule has 100 valence electrons. The van der Waals surface area contributed by atoms with Crippen LogP contribution in [-0.4, -0.2) is 39.1 Å². The summed E-state index contributed by atoms with van der Waals surface area (Å²) >= 11 is 0. The van der Waals surface area contributed by atoms with E-state index in [4.69, 9.17) is 5.73 Å². The first-order valence-electron chi connectivity index (χ1n) is 6.95. The fourth-order valence-corrected chi connectivity index (χ4v) is 3.66. The lowest BCUT2D eigenvalue weighted by Crippen LogP contribution is -2.54. The molecule has 4 heteroatoms. The van der Waals surface area contributed by atoms with Crippen molar-refractivity contribution < 1.29 is 0 Å². The predicted molar refractivity (Wildman–Crippen MR) is 72.4 cm³/mol. The first-order valence-corrected chi connectivity index (χ1v) is 6.95. The molecule has 1 fully saturated rings. The lowest BCUT2D eigenvalue weighted by molar-refractivity contribution is 0.0688. The van der Waals surface area contributed by atoms with E-state index in [0.29, 0.717) is 0 Å². The van der Waals surface area contributed by atoms with Crippen molar-refractivity contribution in [2.45, 2.75) is 57.2 Å². The Bertz CT molecular complexity index is 435. The molecule has 3 rings (SSSR count). The summed E-state index contributed by atoms with van der Waals surface area (Å²) < 4.78 is 2.25. The van der Waals surface area contributed by atoms with Crippen LogP contribution in [0.1, 0.15) is 39.3 Å². The van der Waals surface area contributed by atoms with Crippen molar-refractivity contribution in [2.75, 3.05) is 13.1 Å². The Kier molecular flexibility index (Phi) is 2.58. The number of piperidine rings is 1. The van der Waals surface area contributed by atoms with Crippen LogP contribution in [0.15, 0.2) is 12.5 Å². The SMILES string of the molecule is CC(C)(C)N1CCC2(CC1)c1cncn1C[C@H]2N. The number of rotatable bonds is 0. The van der Waals surface area contributed by atoms with Gasteiger partial charge in [0.1, 0.15) is 0 Å². The molecule has 0 radical (unpaired) electrons. The van der Waals surface area contributed by atoms with Crippen molar-refractivity contribution in [3.8, 4) is 0 Å². The molecule has 0 amide bonds. The molecule has 0 saturated carbocycles. The Morgan fingerprint density at radius 3 is 2.61 bits per heavy atom. The minimum absolute atomic E-state index is 0.179. The number of nitrogens with zero attached hydrogens (tertiary/aromatic N) is 3. The van der Waals surface area contributed by atoms with Gasteiger partial charge in [0.25, 0.3) is 0 Å². The first-order chi connectivity index (χ1) is 8.43. The number of imidazole rings is 1. The largest absolute Gasteiger partial charge is 0.332 e. The Hall–Kier alpha value is -0.870. The standard InChI is InChI=1S/C14H24N4/c1-13(2,3)18-6-4-14(5-7-18)11(15)9-17-10-16-8-12(14)17/h8,10-11H,4-7,9,15H2,1-3H3/t11-/m1/s1. The third kappa shape index (κ3) is 1.62. The van der Waals surface area contributed by atoms with Crippen molar-refractivity contribution in [2.24, 2.45) is 5.73 Å². The highest BCUT2D eigenvalue weighted by atomic mass is 15.2. The zero-order chi connectivity index (χ0) is 13.0. The zero-order valence-electron chi connectivity index (χ0n) is 11.7. The number of fused-ring (bicyclic) bond motifs is 2. The number of aromatic nitrogens is 2. The molecule has 1 aromatic heterocycles. The molecule has 1 aromatic rings. The summed E-state index contributed by atoms with van der Waals surface area (Å²) in [6, 6.07) is 0.262. The van der Waals surface area contributed by atoms with Gasteiger partial charge in [0.05, 0.1) is 6.33 Å². The molecule has 2 aliphatic heterocycles. The van der Waals surface area contributed by atoms with E-state index in [1.165, 1.54) is 5.69 Å². The summed E-state index contributed by atoms with van der Waals surface area (Å²) in [7, 11) is 0. The Labute approximate surface area is 109 Å². The summed E-state index contributed by atoms with van der Waals surface area (Å²) in [5, 5.41) is 0. The lowest BCUT2D eigenvalue weighted by atomic mass is 9.72. The lowest BCUT2D eigenvalue weighted by Gasteiger charge is -2.46. The van der Waals surface area contributed by atoms with Gasteiger partial charge in [0.2, 0.25) is 0 Å². The zero-order valence-corrected chi connectivity index (χ0v) is 11.7. The van der Waals surface area contributed by atoms with Crippen LogP contribution in [0.3, 0.4) is 0 Å². The number of likely N-dealkylation sites (tertiary alicyclic amines) is 1. The van der Waals surface area contributed by atoms with Crippen LogP contribution < -0.4 is 5.73 Å². The maximum atomic E-state index is 6.43. The van der Waals surface area contributed by atoms with Crippen molar-refractivity contribution in [3.05, 3.63) is 18.2 Å². The average molecular weight is 248 g/mol. The minimum atomic E-state index is 0.179. The van der Waals surface area contributed by atoms with Gasteiger partial charge in [-0.1, -0.05) is 0 Å². The van der Waals surface area contributed by atoms with Gasteiger partial charge in [-0.05, 0) is 46.7 Å². The molecule has 0 unspecified atom stereocenters. The number of nitrogens with two attached hydrogens (primary N) is 1. The molecule has 2 N–H and O–H groups in total. The number of hydrogen-bond acceptors (Lipinski definition) is 3. The van der Waals surface area contributed by atoms with E-state index in [0.717, 1.165) is 32.5 Å². The van der Waals surface area contributed by atoms with Crippen LogP contribution in [0.5, 0.6) is 0 Å². The van der Waals surface area contributed by atoms with Crippen LogP contribution in [-0.2, 0) is 12.0 Å². The Balaban J connectivity index is 1.84. The molecule has 18 heavy (non-hydrogen) atoms. The van der Waals surface area contributed by atoms with Crippen molar-refractivity contribution >= 4 is 0 Å². The maximum Gasteiger partial charge on any atom is 0.0948 e. The molecule has 1 atom stereocenters. The van der Waals surface area contributed by atoms with E-state index < -0.39 is 0 Å². The molecule has 4 nitrogen and oxygen atoms in total. The van der Waals surface area contributed by atoms with E-state index in [9.17, 15) is 0 Å². The van der Waals surface area contributed by atoms with Crippen LogP contribution in [0.4, 0.5) is 0 Å². The number of hydrogen-bond donors (Lipinski definition) is 1. The van der Waals surface area contributed by atoms with Crippen LogP contribution in [0, 0.1) is 0 Å². The van der Waals surface area contributed by atoms with Crippen LogP contribution in [0.25, 0.3) is 0 Å². The molecule has 1 saturated heterocycles. The monoisotopic (exact) mass is 248 g/mol. The van der Waals surface area contributed by atoms with Crippen molar-refractivity contribution in [3.63, 3.8) is 0 Å². The summed E-state index contributed by atoms with van der Waals surface area (Å²) in [5.41, 5.74) is 8.24. The smallest absolute Gasteiger partial charge is 0.0948 e. The van der Waals surface area contributed by atoms with Crippen molar-refractivity contribution in [1.29, 1.82) is 0 Å². The van der Waals surface area contributed by atoms with Crippen LogP contribution >= 0.6 is 0 Å². The highest BCUT2D eigenvalue weighted by molar-refractivity contribution is 5.25. The Morgan fingerprint density at radius 1 is 1.33 bits per heavy atom. The van der Waals surface area contributed by atoms with Gasteiger partial charge in [-0.3, -0.25) is 4.90 Å². The second-order valence-corrected chi connectivity index (χ2v) is 6.85. The van der Waals surface area contributed by atoms with Gasteiger partial charge in [-0.15, -0.1) is 0 Å². The van der Waals surface area contributed by atoms with Gasteiger partial charge >= 0.3 is 0 Å². The summed E-state index contributed by atoms with van der Waals surface area (Å²) in [6.45, 7) is 10.1. The third-order valence-electron chi connectivity index (χ3n) is 4.93. The van der Waals surface area contributed by atoms with Gasteiger partial charge in [-0.2, -0.15) is 0 Å². The third-order valence-corrected chi connectivity index (χ3v) is 4.93. The summed E-state index contributed by atoms with van der Waals surface area (Å²) in [5.74, 6) is 0. The first kappa shape index (κ1) is 12.2. The second kappa shape index (κ2) is 3.81. The highest BCUT2D eigenvalue weighted by Crippen LogP contribution is 2.43. The Morgan fingerprint density at radius 2 is 2.00 bits per heavy atom. The van der Waals surface area contributed by atoms with E-state index in [1.807, 2.05) is 12.5 Å². The summed E-state index contributed by atoms with van der Waals surface area (Å²) in [6.07, 6.45) is 6.29. The van der Waals surface area contributed by atoms with Crippen LogP contribution in [0.2, 0.25) is 0 Å². The normalized spacial score (nSPS) is 27.7. The molecule has 0 aromatic carbocycles. The highest BCUT2D eigenvalue weighted by Gasteiger charge is 2.48. The molecule has 3 heterocycles. The second-order valence-electron chi connectivity index (χ2n) is 6.85. The molecule has 1 spiro atoms. The van der Waals surface area contributed by atoms with Gasteiger partial charge in [0.15, 0.2) is 0 Å². The predicted octanol–water partition coefficient (Wildman–Crippen LogP) is 1.36. The molecule has 0 bridgehead atoms. The minimum Gasteiger partial charge on any atom is -0.332 e. The van der Waals surface area contributed by atoms with E-state index >= 15 is 0 Å². The molecular formula is C14H24N4. The topological polar surface area (TPSA) is 47.1 Å². The fourth-order valence-electron chi connectivity index (χ4n) is 3.66. The maximum absolute atomic E-state index is 6.43. The average Bonchev–Trinajstić information content (AvgIpc) is 2.83. The molecular weight excluding hydrogens is 224 g/mol. The molecule has 0 aliphatic carbocycles. The van der Waals surface area contributed by atoms with Gasteiger partial charge in [-0.25, -0.2) is 4.98 Å². The van der Waals surface area contributed by atoms with E-state index in [1.54, 1.807) is 0 Å². The molecule has 2 aliphatic rings. The van der Waals surface area contributed by atoms with Crippen molar-refractivity contribution in [1.82, 2.24) is 14.5 Å². The quantitative estimate of drug-likeness (QED) is 0.754. The summed E-state index contributed by atoms with van der Waals surface area (Å²) in [4.78, 5) is 6.86. The van der Waals surface area contributed by atoms with Gasteiger partial charge < -0.3 is 10.3 Å². The van der Waals surface area contributed by atoms with E-state index in [2.05, 4.69) is 35.2 Å². The fraction of sp³-hybridized carbons (Fsp3) is 0.786. The van der Waals surface area contributed by atoms with Gasteiger partial charge in [0, 0.05) is 35.4 Å². The van der Waals surface area contributed by atoms with E-state index in [-0.39, 0.29) is 17.0 Å².